The number of piperazine rings is 1. The van der Waals surface area contributed by atoms with Crippen LogP contribution >= 0.6 is 11.3 Å². The number of carbonyl (C=O) groups is 1. The van der Waals surface area contributed by atoms with E-state index >= 15 is 0 Å². The van der Waals surface area contributed by atoms with Crippen molar-refractivity contribution < 1.29 is 13.6 Å². The summed E-state index contributed by atoms with van der Waals surface area (Å²) in [5, 5.41) is 4.91. The van der Waals surface area contributed by atoms with E-state index in [0.717, 1.165) is 31.9 Å². The summed E-state index contributed by atoms with van der Waals surface area (Å²) in [6.45, 7) is 3.42. The Hall–Kier alpha value is -2.64. The molecule has 1 fully saturated rings. The molecule has 3 aromatic rings. The van der Waals surface area contributed by atoms with Crippen molar-refractivity contribution in [3.8, 4) is 0 Å². The first-order chi connectivity index (χ1) is 13.7. The second-order valence-corrected chi connectivity index (χ2v) is 7.64. The Bertz CT molecular complexity index is 890. The molecule has 0 saturated carbocycles. The van der Waals surface area contributed by atoms with Gasteiger partial charge in [0.1, 0.15) is 11.6 Å². The van der Waals surface area contributed by atoms with Crippen LogP contribution in [0.1, 0.15) is 21.5 Å². The molecule has 1 atom stereocenters. The third-order valence-electron chi connectivity index (χ3n) is 5.02. The molecule has 1 saturated heterocycles. The number of benzene rings is 1. The number of thiophene rings is 1. The highest BCUT2D eigenvalue weighted by atomic mass is 32.1. The number of anilines is 1. The van der Waals surface area contributed by atoms with Gasteiger partial charge in [0.15, 0.2) is 0 Å². The average molecular weight is 399 g/mol. The van der Waals surface area contributed by atoms with Gasteiger partial charge in [-0.25, -0.2) is 4.39 Å². The number of rotatable bonds is 6. The second kappa shape index (κ2) is 8.58. The van der Waals surface area contributed by atoms with E-state index in [1.54, 1.807) is 12.3 Å². The van der Waals surface area contributed by atoms with Gasteiger partial charge in [0.05, 0.1) is 22.9 Å². The van der Waals surface area contributed by atoms with Gasteiger partial charge in [-0.2, -0.15) is 0 Å². The Morgan fingerprint density at radius 3 is 2.61 bits per heavy atom. The highest BCUT2D eigenvalue weighted by Gasteiger charge is 2.28. The molecule has 0 radical (unpaired) electrons. The van der Waals surface area contributed by atoms with Gasteiger partial charge >= 0.3 is 0 Å². The standard InChI is InChI=1S/C21H22FN3O2S/c22-16-5-1-2-6-17(16)24-9-11-25(12-10-24)18(19-7-3-13-27-19)15-23-21(26)20-8-4-14-28-20/h1-8,13-14,18H,9-12,15H2,(H,23,26)/t18-/m0/s1. The van der Waals surface area contributed by atoms with Gasteiger partial charge in [-0.3, -0.25) is 9.69 Å². The maximum atomic E-state index is 14.1. The number of hydrogen-bond donors (Lipinski definition) is 1. The first-order valence-corrected chi connectivity index (χ1v) is 10.2. The Morgan fingerprint density at radius 1 is 1.11 bits per heavy atom. The Kier molecular flexibility index (Phi) is 5.73. The zero-order chi connectivity index (χ0) is 19.3. The lowest BCUT2D eigenvalue weighted by molar-refractivity contribution is 0.0926. The van der Waals surface area contributed by atoms with E-state index in [9.17, 15) is 9.18 Å². The number of nitrogens with zero attached hydrogens (tertiary/aromatic N) is 2. The van der Waals surface area contributed by atoms with Crippen LogP contribution in [0.2, 0.25) is 0 Å². The van der Waals surface area contributed by atoms with Crippen molar-refractivity contribution in [2.24, 2.45) is 0 Å². The minimum Gasteiger partial charge on any atom is -0.468 e. The topological polar surface area (TPSA) is 48.7 Å². The van der Waals surface area contributed by atoms with Gasteiger partial charge in [0.2, 0.25) is 0 Å². The molecule has 5 nitrogen and oxygen atoms in total. The predicted octanol–water partition coefficient (Wildman–Crippen LogP) is 3.77. The van der Waals surface area contributed by atoms with Gasteiger partial charge in [-0.05, 0) is 35.7 Å². The van der Waals surface area contributed by atoms with Crippen LogP contribution in [0, 0.1) is 5.82 Å². The van der Waals surface area contributed by atoms with E-state index in [-0.39, 0.29) is 17.8 Å². The fraction of sp³-hybridized carbons (Fsp3) is 0.286. The average Bonchev–Trinajstić information content (AvgIpc) is 3.43. The molecule has 2 aromatic heterocycles. The smallest absolute Gasteiger partial charge is 0.261 e. The highest BCUT2D eigenvalue weighted by molar-refractivity contribution is 7.12. The molecule has 1 aliphatic heterocycles. The number of amides is 1. The molecule has 0 unspecified atom stereocenters. The summed E-state index contributed by atoms with van der Waals surface area (Å²) in [6, 6.07) is 14.3. The summed E-state index contributed by atoms with van der Waals surface area (Å²) in [6.07, 6.45) is 1.65. The van der Waals surface area contributed by atoms with Crippen molar-refractivity contribution in [2.45, 2.75) is 6.04 Å². The molecule has 0 spiro atoms. The van der Waals surface area contributed by atoms with E-state index < -0.39 is 0 Å². The van der Waals surface area contributed by atoms with E-state index in [1.165, 1.54) is 17.4 Å². The first kappa shape index (κ1) is 18.7. The molecular weight excluding hydrogens is 377 g/mol. The van der Waals surface area contributed by atoms with Crippen molar-refractivity contribution in [1.82, 2.24) is 10.2 Å². The van der Waals surface area contributed by atoms with E-state index in [2.05, 4.69) is 15.1 Å². The zero-order valence-electron chi connectivity index (χ0n) is 15.4. The lowest BCUT2D eigenvalue weighted by Crippen LogP contribution is -2.50. The number of carbonyl (C=O) groups excluding carboxylic acids is 1. The second-order valence-electron chi connectivity index (χ2n) is 6.69. The summed E-state index contributed by atoms with van der Waals surface area (Å²) in [5.41, 5.74) is 0.641. The molecule has 28 heavy (non-hydrogen) atoms. The van der Waals surface area contributed by atoms with Crippen molar-refractivity contribution >= 4 is 22.9 Å². The van der Waals surface area contributed by atoms with Crippen LogP contribution in [0.25, 0.3) is 0 Å². The zero-order valence-corrected chi connectivity index (χ0v) is 16.2. The fourth-order valence-electron chi connectivity index (χ4n) is 3.56. The maximum absolute atomic E-state index is 14.1. The van der Waals surface area contributed by atoms with Crippen LogP contribution in [0.15, 0.2) is 64.6 Å². The summed E-state index contributed by atoms with van der Waals surface area (Å²) in [4.78, 5) is 17.4. The summed E-state index contributed by atoms with van der Waals surface area (Å²) >= 11 is 1.42. The van der Waals surface area contributed by atoms with Crippen molar-refractivity contribution in [3.63, 3.8) is 0 Å². The minimum absolute atomic E-state index is 0.0540. The molecule has 1 amide bonds. The van der Waals surface area contributed by atoms with Crippen molar-refractivity contribution in [1.29, 1.82) is 0 Å². The van der Waals surface area contributed by atoms with Crippen LogP contribution in [-0.2, 0) is 0 Å². The molecule has 1 aliphatic rings. The van der Waals surface area contributed by atoms with Gasteiger partial charge in [-0.1, -0.05) is 18.2 Å². The highest BCUT2D eigenvalue weighted by Crippen LogP contribution is 2.25. The SMILES string of the molecule is O=C(NC[C@@H](c1ccco1)N1CCN(c2ccccc2F)CC1)c1cccs1. The Balaban J connectivity index is 1.42. The predicted molar refractivity (Wildman–Crippen MR) is 108 cm³/mol. The van der Waals surface area contributed by atoms with Crippen LogP contribution in [0.4, 0.5) is 10.1 Å². The molecule has 7 heteroatoms. The fourth-order valence-corrected chi connectivity index (χ4v) is 4.20. The van der Waals surface area contributed by atoms with Gasteiger partial charge in [0.25, 0.3) is 5.91 Å². The summed E-state index contributed by atoms with van der Waals surface area (Å²) < 4.78 is 19.7. The molecule has 0 bridgehead atoms. The third kappa shape index (κ3) is 4.10. The number of hydrogen-bond acceptors (Lipinski definition) is 5. The van der Waals surface area contributed by atoms with Crippen molar-refractivity contribution in [2.75, 3.05) is 37.6 Å². The molecule has 0 aliphatic carbocycles. The Morgan fingerprint density at radius 2 is 1.93 bits per heavy atom. The van der Waals surface area contributed by atoms with Crippen LogP contribution in [0.5, 0.6) is 0 Å². The van der Waals surface area contributed by atoms with Crippen molar-refractivity contribution in [3.05, 3.63) is 76.6 Å². The molecule has 146 valence electrons. The first-order valence-electron chi connectivity index (χ1n) is 9.31. The quantitative estimate of drug-likeness (QED) is 0.686. The molecule has 1 N–H and O–H groups in total. The molecule has 1 aromatic carbocycles. The van der Waals surface area contributed by atoms with Crippen LogP contribution in [0.3, 0.4) is 0 Å². The third-order valence-corrected chi connectivity index (χ3v) is 5.89. The van der Waals surface area contributed by atoms with E-state index in [1.807, 2.05) is 41.8 Å². The largest absolute Gasteiger partial charge is 0.468 e. The van der Waals surface area contributed by atoms with Gasteiger partial charge in [-0.15, -0.1) is 11.3 Å². The lowest BCUT2D eigenvalue weighted by atomic mass is 10.1. The normalized spacial score (nSPS) is 16.1. The summed E-state index contributed by atoms with van der Waals surface area (Å²) in [5.74, 6) is 0.559. The minimum atomic E-state index is -0.193. The van der Waals surface area contributed by atoms with Gasteiger partial charge in [0, 0.05) is 32.7 Å². The number of halogens is 1. The number of furan rings is 1. The van der Waals surface area contributed by atoms with Crippen LogP contribution in [-0.4, -0.2) is 43.5 Å². The maximum Gasteiger partial charge on any atom is 0.261 e. The molecule has 3 heterocycles. The Labute approximate surface area is 167 Å². The molecule has 4 rings (SSSR count). The summed E-state index contributed by atoms with van der Waals surface area (Å²) in [7, 11) is 0. The van der Waals surface area contributed by atoms with Crippen LogP contribution < -0.4 is 10.2 Å². The lowest BCUT2D eigenvalue weighted by Gasteiger charge is -2.39. The number of para-hydroxylation sites is 1. The van der Waals surface area contributed by atoms with E-state index in [0.29, 0.717) is 17.1 Å². The molecular formula is C21H22FN3O2S. The number of nitrogens with one attached hydrogen (secondary N) is 1. The monoisotopic (exact) mass is 399 g/mol. The van der Waals surface area contributed by atoms with E-state index in [4.69, 9.17) is 4.42 Å². The van der Waals surface area contributed by atoms with Gasteiger partial charge < -0.3 is 14.6 Å².